The number of nitrogens with zero attached hydrogens (tertiary/aromatic N) is 3. The van der Waals surface area contributed by atoms with Gasteiger partial charge in [-0.25, -0.2) is 18.4 Å². The maximum atomic E-state index is 13.7. The molecule has 6 heteroatoms. The van der Waals surface area contributed by atoms with E-state index in [4.69, 9.17) is 0 Å². The molecule has 0 aliphatic carbocycles. The Morgan fingerprint density at radius 2 is 2.00 bits per heavy atom. The smallest absolute Gasteiger partial charge is 0.162 e. The van der Waals surface area contributed by atoms with Crippen LogP contribution in [0.3, 0.4) is 0 Å². The number of likely N-dealkylation sites (N-methyl/N-ethyl adjacent to an activating group) is 1. The summed E-state index contributed by atoms with van der Waals surface area (Å²) in [6.45, 7) is 4.05. The molecule has 0 saturated carbocycles. The van der Waals surface area contributed by atoms with Gasteiger partial charge in [-0.1, -0.05) is 12.1 Å². The summed E-state index contributed by atoms with van der Waals surface area (Å²) in [6.07, 6.45) is 2.51. The molecule has 4 nitrogen and oxygen atoms in total. The van der Waals surface area contributed by atoms with Crippen molar-refractivity contribution in [2.24, 2.45) is 0 Å². The van der Waals surface area contributed by atoms with Crippen LogP contribution in [0.5, 0.6) is 0 Å². The molecule has 0 fully saturated rings. The van der Waals surface area contributed by atoms with Crippen LogP contribution in [0.1, 0.15) is 31.3 Å². The van der Waals surface area contributed by atoms with Gasteiger partial charge in [0.25, 0.3) is 0 Å². The fraction of sp³-hybridized carbons (Fsp3) is 0.467. The molecule has 0 spiro atoms. The highest BCUT2D eigenvalue weighted by atomic mass is 19.2. The molecule has 2 aromatic rings. The number of nitrogens with one attached hydrogen (secondary N) is 1. The lowest BCUT2D eigenvalue weighted by atomic mass is 10.0. The van der Waals surface area contributed by atoms with Crippen LogP contribution in [0.15, 0.2) is 24.5 Å². The molecule has 0 aliphatic heterocycles. The molecule has 1 aromatic carbocycles. The molecule has 0 amide bonds. The summed E-state index contributed by atoms with van der Waals surface area (Å²) in [5.74, 6) is -0.753. The van der Waals surface area contributed by atoms with Crippen LogP contribution in [0.4, 0.5) is 8.78 Å². The van der Waals surface area contributed by atoms with E-state index in [9.17, 15) is 8.78 Å². The van der Waals surface area contributed by atoms with Crippen molar-refractivity contribution in [3.05, 3.63) is 47.5 Å². The van der Waals surface area contributed by atoms with Crippen LogP contribution < -0.4 is 5.32 Å². The van der Waals surface area contributed by atoms with Crippen LogP contribution in [-0.4, -0.2) is 27.9 Å². The Morgan fingerprint density at radius 3 is 2.67 bits per heavy atom. The fourth-order valence-corrected chi connectivity index (χ4v) is 2.32. The van der Waals surface area contributed by atoms with Gasteiger partial charge in [0.1, 0.15) is 12.2 Å². The first-order chi connectivity index (χ1) is 10.0. The zero-order chi connectivity index (χ0) is 15.4. The van der Waals surface area contributed by atoms with E-state index in [0.29, 0.717) is 18.4 Å². The van der Waals surface area contributed by atoms with Crippen LogP contribution in [0, 0.1) is 11.6 Å². The van der Waals surface area contributed by atoms with Gasteiger partial charge < -0.3 is 5.32 Å². The second-order valence-corrected chi connectivity index (χ2v) is 5.32. The van der Waals surface area contributed by atoms with Gasteiger partial charge in [0, 0.05) is 18.5 Å². The van der Waals surface area contributed by atoms with E-state index in [2.05, 4.69) is 15.4 Å². The quantitative estimate of drug-likeness (QED) is 0.890. The number of aromatic nitrogens is 3. The third kappa shape index (κ3) is 3.64. The van der Waals surface area contributed by atoms with E-state index in [-0.39, 0.29) is 12.1 Å². The van der Waals surface area contributed by atoms with Crippen LogP contribution in [0.25, 0.3) is 0 Å². The average Bonchev–Trinajstić information content (AvgIpc) is 2.91. The minimum Gasteiger partial charge on any atom is -0.316 e. The molecule has 1 atom stereocenters. The molecular formula is C15H20F2N4. The van der Waals surface area contributed by atoms with Crippen molar-refractivity contribution < 1.29 is 8.78 Å². The Kier molecular flexibility index (Phi) is 5.01. The molecule has 21 heavy (non-hydrogen) atoms. The molecule has 0 saturated heterocycles. The van der Waals surface area contributed by atoms with E-state index < -0.39 is 11.6 Å². The van der Waals surface area contributed by atoms with Gasteiger partial charge in [-0.3, -0.25) is 0 Å². The van der Waals surface area contributed by atoms with Crippen molar-refractivity contribution in [3.8, 4) is 0 Å². The summed E-state index contributed by atoms with van der Waals surface area (Å²) in [6, 6.07) is 4.43. The Balaban J connectivity index is 2.13. The third-order valence-corrected chi connectivity index (χ3v) is 3.47. The Labute approximate surface area is 123 Å². The van der Waals surface area contributed by atoms with E-state index >= 15 is 0 Å². The molecule has 1 heterocycles. The summed E-state index contributed by atoms with van der Waals surface area (Å²) < 4.78 is 28.8. The number of hydrogen-bond acceptors (Lipinski definition) is 3. The average molecular weight is 294 g/mol. The minimum atomic E-state index is -0.812. The van der Waals surface area contributed by atoms with Crippen molar-refractivity contribution in [1.29, 1.82) is 0 Å². The Bertz CT molecular complexity index is 595. The maximum Gasteiger partial charge on any atom is 0.162 e. The second-order valence-electron chi connectivity index (χ2n) is 5.32. The fourth-order valence-electron chi connectivity index (χ4n) is 2.32. The van der Waals surface area contributed by atoms with Gasteiger partial charge >= 0.3 is 0 Å². The molecule has 0 aliphatic rings. The molecule has 114 valence electrons. The number of hydrogen-bond donors (Lipinski definition) is 1. The summed E-state index contributed by atoms with van der Waals surface area (Å²) in [5.41, 5.74) is 0.366. The maximum absolute atomic E-state index is 13.7. The van der Waals surface area contributed by atoms with Crippen molar-refractivity contribution in [2.45, 2.75) is 38.8 Å². The number of rotatable bonds is 6. The van der Waals surface area contributed by atoms with Crippen LogP contribution in [-0.2, 0) is 12.8 Å². The first kappa shape index (κ1) is 15.6. The zero-order valence-electron chi connectivity index (χ0n) is 12.5. The van der Waals surface area contributed by atoms with Gasteiger partial charge in [-0.15, -0.1) is 0 Å². The first-order valence-electron chi connectivity index (χ1n) is 7.01. The van der Waals surface area contributed by atoms with E-state index in [1.54, 1.807) is 13.1 Å². The summed E-state index contributed by atoms with van der Waals surface area (Å²) in [4.78, 5) is 4.25. The monoisotopic (exact) mass is 294 g/mol. The second kappa shape index (κ2) is 6.76. The molecule has 0 radical (unpaired) electrons. The first-order valence-corrected chi connectivity index (χ1v) is 7.01. The molecule has 1 unspecified atom stereocenters. The summed E-state index contributed by atoms with van der Waals surface area (Å²) in [7, 11) is 1.80. The topological polar surface area (TPSA) is 42.7 Å². The van der Waals surface area contributed by atoms with Gasteiger partial charge in [0.15, 0.2) is 11.6 Å². The van der Waals surface area contributed by atoms with E-state index in [1.807, 2.05) is 18.5 Å². The molecule has 0 bridgehead atoms. The normalized spacial score (nSPS) is 12.9. The predicted octanol–water partition coefficient (Wildman–Crippen LogP) is 2.51. The lowest BCUT2D eigenvalue weighted by Crippen LogP contribution is -2.31. The van der Waals surface area contributed by atoms with Crippen molar-refractivity contribution in [2.75, 3.05) is 7.05 Å². The Hall–Kier alpha value is -1.82. The van der Waals surface area contributed by atoms with E-state index in [1.165, 1.54) is 12.4 Å². The lowest BCUT2D eigenvalue weighted by Gasteiger charge is -2.18. The SMILES string of the molecule is CNC(Cc1cccc(F)c1F)Cc1ncnn1C(C)C. The van der Waals surface area contributed by atoms with Gasteiger partial charge in [0.2, 0.25) is 0 Å². The van der Waals surface area contributed by atoms with Crippen LogP contribution in [0.2, 0.25) is 0 Å². The predicted molar refractivity (Wildman–Crippen MR) is 77.0 cm³/mol. The highest BCUT2D eigenvalue weighted by Gasteiger charge is 2.17. The van der Waals surface area contributed by atoms with Gasteiger partial charge in [-0.05, 0) is 38.9 Å². The largest absolute Gasteiger partial charge is 0.316 e. The van der Waals surface area contributed by atoms with Crippen molar-refractivity contribution in [3.63, 3.8) is 0 Å². The minimum absolute atomic E-state index is 0.0389. The number of halogens is 2. The lowest BCUT2D eigenvalue weighted by molar-refractivity contribution is 0.457. The third-order valence-electron chi connectivity index (χ3n) is 3.47. The molecule has 2 rings (SSSR count). The van der Waals surface area contributed by atoms with Crippen molar-refractivity contribution in [1.82, 2.24) is 20.1 Å². The van der Waals surface area contributed by atoms with Gasteiger partial charge in [-0.2, -0.15) is 5.10 Å². The zero-order valence-corrected chi connectivity index (χ0v) is 12.5. The Morgan fingerprint density at radius 1 is 1.24 bits per heavy atom. The summed E-state index contributed by atoms with van der Waals surface area (Å²) >= 11 is 0. The summed E-state index contributed by atoms with van der Waals surface area (Å²) in [5, 5.41) is 7.32. The molecule has 1 N–H and O–H groups in total. The number of benzene rings is 1. The molecular weight excluding hydrogens is 274 g/mol. The van der Waals surface area contributed by atoms with Gasteiger partial charge in [0.05, 0.1) is 0 Å². The highest BCUT2D eigenvalue weighted by Crippen LogP contribution is 2.15. The van der Waals surface area contributed by atoms with E-state index in [0.717, 1.165) is 11.9 Å². The highest BCUT2D eigenvalue weighted by molar-refractivity contribution is 5.20. The van der Waals surface area contributed by atoms with Crippen LogP contribution >= 0.6 is 0 Å². The standard InChI is InChI=1S/C15H20F2N4/c1-10(2)21-14(19-9-20-21)8-12(18-3)7-11-5-4-6-13(16)15(11)17/h4-6,9-10,12,18H,7-8H2,1-3H3. The molecule has 1 aromatic heterocycles. The van der Waals surface area contributed by atoms with Crippen molar-refractivity contribution >= 4 is 0 Å².